The molecule has 0 atom stereocenters. The van der Waals surface area contributed by atoms with Gasteiger partial charge < -0.3 is 18.0 Å². The summed E-state index contributed by atoms with van der Waals surface area (Å²) in [5.41, 5.74) is 0. The molecule has 0 N–H and O–H groups in total. The molecule has 0 aliphatic heterocycles. The summed E-state index contributed by atoms with van der Waals surface area (Å²) in [5, 5.41) is 0.579. The van der Waals surface area contributed by atoms with Crippen molar-refractivity contribution in [1.29, 1.82) is 0 Å². The van der Waals surface area contributed by atoms with Gasteiger partial charge >= 0.3 is 8.80 Å². The second-order valence-electron chi connectivity index (χ2n) is 4.67. The van der Waals surface area contributed by atoms with Gasteiger partial charge in [0.1, 0.15) is 0 Å². The van der Waals surface area contributed by atoms with E-state index in [0.29, 0.717) is 31.5 Å². The van der Waals surface area contributed by atoms with Gasteiger partial charge in [0.2, 0.25) is 0 Å². The van der Waals surface area contributed by atoms with Crippen LogP contribution in [0.1, 0.15) is 53.4 Å². The summed E-state index contributed by atoms with van der Waals surface area (Å²) >= 11 is 4.91. The smallest absolute Gasteiger partial charge is 0.487 e. The van der Waals surface area contributed by atoms with Gasteiger partial charge in [0.15, 0.2) is 5.05 Å². The molecule has 0 aliphatic rings. The van der Waals surface area contributed by atoms with E-state index in [1.54, 1.807) is 6.92 Å². The average Bonchev–Trinajstić information content (AvgIpc) is 2.44. The normalized spacial score (nSPS) is 11.6. The monoisotopic (exact) mass is 322 g/mol. The van der Waals surface area contributed by atoms with E-state index in [1.807, 2.05) is 0 Å². The van der Waals surface area contributed by atoms with E-state index in [1.165, 1.54) is 0 Å². The largest absolute Gasteiger partial charge is 0.501 e. The molecule has 4 nitrogen and oxygen atoms in total. The maximum absolute atomic E-state index is 6.00. The number of hydrogen-bond acceptors (Lipinski definition) is 5. The van der Waals surface area contributed by atoms with Gasteiger partial charge in [-0.1, -0.05) is 20.8 Å². The van der Waals surface area contributed by atoms with Crippen LogP contribution in [0.15, 0.2) is 0 Å². The molecule has 0 aromatic carbocycles. The minimum Gasteiger partial charge on any atom is -0.487 e. The average molecular weight is 323 g/mol. The van der Waals surface area contributed by atoms with Crippen LogP contribution in [0.3, 0.4) is 0 Å². The zero-order valence-corrected chi connectivity index (χ0v) is 15.2. The predicted octanol–water partition coefficient (Wildman–Crippen LogP) is 3.96. The van der Waals surface area contributed by atoms with E-state index in [0.717, 1.165) is 31.7 Å². The van der Waals surface area contributed by atoms with Crippen LogP contribution in [-0.4, -0.2) is 40.3 Å². The first-order chi connectivity index (χ1) is 9.60. The van der Waals surface area contributed by atoms with Crippen LogP contribution in [0.4, 0.5) is 0 Å². The predicted molar refractivity (Wildman–Crippen MR) is 88.1 cm³/mol. The lowest BCUT2D eigenvalue weighted by Gasteiger charge is -2.29. The van der Waals surface area contributed by atoms with Gasteiger partial charge in [0, 0.05) is 32.8 Å². The summed E-state index contributed by atoms with van der Waals surface area (Å²) in [6.07, 6.45) is 3.75. The first-order valence-electron chi connectivity index (χ1n) is 7.65. The van der Waals surface area contributed by atoms with E-state index in [2.05, 4.69) is 20.8 Å². The van der Waals surface area contributed by atoms with E-state index in [-0.39, 0.29) is 0 Å². The maximum Gasteiger partial charge on any atom is 0.501 e. The van der Waals surface area contributed by atoms with Crippen LogP contribution in [0.2, 0.25) is 6.04 Å². The lowest BCUT2D eigenvalue weighted by molar-refractivity contribution is 0.0576. The summed E-state index contributed by atoms with van der Waals surface area (Å²) in [6.45, 7) is 10.7. The fourth-order valence-electron chi connectivity index (χ4n) is 1.62. The molecule has 0 rings (SSSR count). The molecule has 0 saturated carbocycles. The molecule has 0 radical (unpaired) electrons. The fraction of sp³-hybridized carbons (Fsp3) is 0.929. The quantitative estimate of drug-likeness (QED) is 0.291. The lowest BCUT2D eigenvalue weighted by Crippen LogP contribution is -2.46. The molecule has 0 saturated heterocycles. The Balaban J connectivity index is 4.44. The van der Waals surface area contributed by atoms with Crippen LogP contribution in [-0.2, 0) is 18.0 Å². The highest BCUT2D eigenvalue weighted by Gasteiger charge is 2.40. The van der Waals surface area contributed by atoms with Crippen LogP contribution >= 0.6 is 12.2 Å². The number of ether oxygens (including phenoxy) is 1. The van der Waals surface area contributed by atoms with Gasteiger partial charge in [0.25, 0.3) is 0 Å². The highest BCUT2D eigenvalue weighted by molar-refractivity contribution is 7.80. The molecule has 0 aromatic rings. The van der Waals surface area contributed by atoms with Crippen LogP contribution in [0, 0.1) is 0 Å². The van der Waals surface area contributed by atoms with Crippen LogP contribution in [0.25, 0.3) is 0 Å². The summed E-state index contributed by atoms with van der Waals surface area (Å²) in [5.74, 6) is 0. The van der Waals surface area contributed by atoms with Crippen molar-refractivity contribution in [2.75, 3.05) is 26.4 Å². The summed E-state index contributed by atoms with van der Waals surface area (Å²) < 4.78 is 23.3. The third kappa shape index (κ3) is 9.82. The SMILES string of the molecule is CCCO[Si](CCCOC(C)=S)(OCCC)OCCC. The topological polar surface area (TPSA) is 36.9 Å². The van der Waals surface area contributed by atoms with E-state index in [4.69, 9.17) is 30.2 Å². The molecular formula is C14H30O4SSi. The van der Waals surface area contributed by atoms with Crippen molar-refractivity contribution in [3.05, 3.63) is 0 Å². The van der Waals surface area contributed by atoms with Crippen LogP contribution in [0.5, 0.6) is 0 Å². The minimum absolute atomic E-state index is 0.579. The van der Waals surface area contributed by atoms with Crippen molar-refractivity contribution >= 4 is 26.1 Å². The van der Waals surface area contributed by atoms with Crippen molar-refractivity contribution in [1.82, 2.24) is 0 Å². The molecule has 120 valence electrons. The Kier molecular flexibility index (Phi) is 12.7. The Hall–Kier alpha value is -0.0131. The maximum atomic E-state index is 6.00. The Labute approximate surface area is 130 Å². The van der Waals surface area contributed by atoms with Crippen molar-refractivity contribution in [3.63, 3.8) is 0 Å². The Morgan fingerprint density at radius 1 is 0.850 bits per heavy atom. The van der Waals surface area contributed by atoms with Gasteiger partial charge in [-0.05, 0) is 37.9 Å². The fourth-order valence-corrected chi connectivity index (χ4v) is 4.51. The van der Waals surface area contributed by atoms with E-state index in [9.17, 15) is 0 Å². The summed E-state index contributed by atoms with van der Waals surface area (Å²) in [4.78, 5) is 0. The number of rotatable bonds is 13. The van der Waals surface area contributed by atoms with Gasteiger partial charge in [-0.2, -0.15) is 0 Å². The van der Waals surface area contributed by atoms with Crippen molar-refractivity contribution < 1.29 is 18.0 Å². The Morgan fingerprint density at radius 3 is 1.65 bits per heavy atom. The summed E-state index contributed by atoms with van der Waals surface area (Å²) in [6, 6.07) is 0.787. The molecule has 0 bridgehead atoms. The van der Waals surface area contributed by atoms with Crippen molar-refractivity contribution in [2.45, 2.75) is 59.4 Å². The molecule has 6 heteroatoms. The van der Waals surface area contributed by atoms with E-state index < -0.39 is 8.80 Å². The van der Waals surface area contributed by atoms with Gasteiger partial charge in [-0.3, -0.25) is 0 Å². The standard InChI is InChI=1S/C14H30O4SSi/c1-5-9-16-20(17-10-6-2,18-11-7-3)13-8-12-15-14(4)19/h5-13H2,1-4H3. The van der Waals surface area contributed by atoms with Gasteiger partial charge in [0.05, 0.1) is 6.61 Å². The number of hydrogen-bond donors (Lipinski definition) is 0. The highest BCUT2D eigenvalue weighted by atomic mass is 32.1. The lowest BCUT2D eigenvalue weighted by atomic mass is 10.5. The molecule has 0 amide bonds. The third-order valence-electron chi connectivity index (χ3n) is 2.51. The molecule has 0 fully saturated rings. The molecular weight excluding hydrogens is 292 g/mol. The zero-order valence-electron chi connectivity index (χ0n) is 13.4. The summed E-state index contributed by atoms with van der Waals surface area (Å²) in [7, 11) is -2.55. The highest BCUT2D eigenvalue weighted by Crippen LogP contribution is 2.19. The first kappa shape index (κ1) is 20.0. The van der Waals surface area contributed by atoms with E-state index >= 15 is 0 Å². The second-order valence-corrected chi connectivity index (χ2v) is 7.98. The van der Waals surface area contributed by atoms with Crippen molar-refractivity contribution in [2.24, 2.45) is 0 Å². The number of thiocarbonyl (C=S) groups is 1. The molecule has 0 aliphatic carbocycles. The minimum atomic E-state index is -2.55. The third-order valence-corrected chi connectivity index (χ3v) is 5.53. The van der Waals surface area contributed by atoms with Crippen molar-refractivity contribution in [3.8, 4) is 0 Å². The zero-order chi connectivity index (χ0) is 15.3. The molecule has 0 heterocycles. The molecule has 20 heavy (non-hydrogen) atoms. The molecule has 0 spiro atoms. The molecule has 0 unspecified atom stereocenters. The first-order valence-corrected chi connectivity index (χ1v) is 9.99. The van der Waals surface area contributed by atoms with Crippen LogP contribution < -0.4 is 0 Å². The second kappa shape index (κ2) is 12.7. The Bertz CT molecular complexity index is 230. The van der Waals surface area contributed by atoms with Gasteiger partial charge in [-0.15, -0.1) is 0 Å². The van der Waals surface area contributed by atoms with Gasteiger partial charge in [-0.25, -0.2) is 0 Å². The molecule has 0 aromatic heterocycles. The Morgan fingerprint density at radius 2 is 1.30 bits per heavy atom.